The number of amides is 1. The molecule has 3 aromatic rings. The highest BCUT2D eigenvalue weighted by molar-refractivity contribution is 7.09. The largest absolute Gasteiger partial charge is 0.494 e. The molecule has 1 atom stereocenters. The van der Waals surface area contributed by atoms with Crippen molar-refractivity contribution < 1.29 is 24.1 Å². The van der Waals surface area contributed by atoms with Gasteiger partial charge in [-0.2, -0.15) is 0 Å². The lowest BCUT2D eigenvalue weighted by Gasteiger charge is -2.14. The zero-order valence-corrected chi connectivity index (χ0v) is 18.5. The number of halogens is 1. The fourth-order valence-corrected chi connectivity index (χ4v) is 4.16. The lowest BCUT2D eigenvalue weighted by atomic mass is 10.1. The Kier molecular flexibility index (Phi) is 6.87. The molecule has 0 radical (unpaired) electrons. The van der Waals surface area contributed by atoms with Crippen LogP contribution in [0.5, 0.6) is 17.4 Å². The Morgan fingerprint density at radius 3 is 2.69 bits per heavy atom. The van der Waals surface area contributed by atoms with Crippen molar-refractivity contribution in [2.45, 2.75) is 12.5 Å². The average Bonchev–Trinajstić information content (AvgIpc) is 3.28. The third-order valence-electron chi connectivity index (χ3n) is 4.80. The molecular formula is C22H21ClN2O6S. The van der Waals surface area contributed by atoms with Gasteiger partial charge in [-0.05, 0) is 35.9 Å². The van der Waals surface area contributed by atoms with Gasteiger partial charge in [0.05, 0.1) is 18.0 Å². The molecule has 8 nitrogen and oxygen atoms in total. The topological polar surface area (TPSA) is 101 Å². The second-order valence-corrected chi connectivity index (χ2v) is 8.68. The van der Waals surface area contributed by atoms with Crippen LogP contribution in [0.2, 0.25) is 5.02 Å². The number of hydrogen-bond acceptors (Lipinski definition) is 7. The monoisotopic (exact) mass is 476 g/mol. The van der Waals surface area contributed by atoms with E-state index in [4.69, 9.17) is 25.8 Å². The van der Waals surface area contributed by atoms with Crippen molar-refractivity contribution in [1.82, 2.24) is 9.88 Å². The Balaban J connectivity index is 1.20. The number of aromatic hydroxyl groups is 1. The molecule has 2 N–H and O–H groups in total. The lowest BCUT2D eigenvalue weighted by molar-refractivity contribution is 0.102. The van der Waals surface area contributed by atoms with Crippen molar-refractivity contribution in [2.75, 3.05) is 26.3 Å². The first-order valence-corrected chi connectivity index (χ1v) is 11.1. The molecule has 0 spiro atoms. The van der Waals surface area contributed by atoms with Crippen molar-refractivity contribution in [3.8, 4) is 17.4 Å². The summed E-state index contributed by atoms with van der Waals surface area (Å²) >= 11 is 6.92. The van der Waals surface area contributed by atoms with E-state index < -0.39 is 6.09 Å². The normalized spacial score (nSPS) is 15.6. The number of H-pyrrole nitrogens is 1. The number of nitrogens with zero attached hydrogens (tertiary/aromatic N) is 1. The Bertz CT molecular complexity index is 1130. The van der Waals surface area contributed by atoms with Gasteiger partial charge in [-0.25, -0.2) is 4.79 Å². The van der Waals surface area contributed by atoms with Crippen LogP contribution in [0.15, 0.2) is 53.3 Å². The number of aromatic nitrogens is 1. The quantitative estimate of drug-likeness (QED) is 0.488. The Morgan fingerprint density at radius 2 is 1.97 bits per heavy atom. The van der Waals surface area contributed by atoms with Gasteiger partial charge in [0.2, 0.25) is 5.88 Å². The summed E-state index contributed by atoms with van der Waals surface area (Å²) < 4.78 is 16.7. The summed E-state index contributed by atoms with van der Waals surface area (Å²) in [4.78, 5) is 27.6. The van der Waals surface area contributed by atoms with Crippen LogP contribution < -0.4 is 14.3 Å². The number of thiazole rings is 1. The number of hydrogen-bond donors (Lipinski definition) is 2. The number of carbonyl (C=O) groups excluding carboxylic acids is 1. The number of benzene rings is 2. The minimum Gasteiger partial charge on any atom is -0.494 e. The van der Waals surface area contributed by atoms with Gasteiger partial charge < -0.3 is 24.2 Å². The van der Waals surface area contributed by atoms with Crippen LogP contribution in [0, 0.1) is 0 Å². The average molecular weight is 477 g/mol. The molecule has 1 aliphatic heterocycles. The smallest absolute Gasteiger partial charge is 0.410 e. The Morgan fingerprint density at radius 1 is 1.16 bits per heavy atom. The van der Waals surface area contributed by atoms with E-state index in [1.807, 2.05) is 24.3 Å². The van der Waals surface area contributed by atoms with Gasteiger partial charge in [0.15, 0.2) is 6.10 Å². The standard InChI is InChI=1S/C22H21ClN2O6S/c23-15-2-1-3-17(11-15)30-13-18-12-25(22(28)31-18)8-9-29-16-6-4-14(5-7-16)10-19-20(26)24-21(27)32-19/h1-7,11,18,26H,8-10,12-13H2,(H,24,27). The predicted molar refractivity (Wildman–Crippen MR) is 120 cm³/mol. The predicted octanol–water partition coefficient (Wildman–Crippen LogP) is 3.66. The zero-order valence-electron chi connectivity index (χ0n) is 17.0. The van der Waals surface area contributed by atoms with E-state index in [9.17, 15) is 14.7 Å². The van der Waals surface area contributed by atoms with Crippen LogP contribution in [-0.4, -0.2) is 53.5 Å². The first kappa shape index (κ1) is 22.0. The Labute approximate surface area is 192 Å². The molecule has 1 fully saturated rings. The van der Waals surface area contributed by atoms with E-state index in [-0.39, 0.29) is 23.5 Å². The fourth-order valence-electron chi connectivity index (χ4n) is 3.22. The maximum absolute atomic E-state index is 12.1. The van der Waals surface area contributed by atoms with Crippen LogP contribution in [-0.2, 0) is 11.2 Å². The molecule has 0 aliphatic carbocycles. The zero-order chi connectivity index (χ0) is 22.5. The van der Waals surface area contributed by atoms with E-state index >= 15 is 0 Å². The maximum Gasteiger partial charge on any atom is 0.410 e. The van der Waals surface area contributed by atoms with Crippen molar-refractivity contribution in [3.05, 3.63) is 73.7 Å². The number of nitrogens with one attached hydrogen (secondary N) is 1. The summed E-state index contributed by atoms with van der Waals surface area (Å²) in [6.45, 7) is 1.37. The van der Waals surface area contributed by atoms with E-state index in [0.29, 0.717) is 47.5 Å². The fraction of sp³-hybridized carbons (Fsp3) is 0.273. The van der Waals surface area contributed by atoms with E-state index in [0.717, 1.165) is 16.9 Å². The summed E-state index contributed by atoms with van der Waals surface area (Å²) in [6, 6.07) is 14.4. The summed E-state index contributed by atoms with van der Waals surface area (Å²) in [7, 11) is 0. The summed E-state index contributed by atoms with van der Waals surface area (Å²) in [5.74, 6) is 1.20. The second-order valence-electron chi connectivity index (χ2n) is 7.18. The van der Waals surface area contributed by atoms with Crippen LogP contribution in [0.3, 0.4) is 0 Å². The highest BCUT2D eigenvalue weighted by Crippen LogP contribution is 2.22. The molecule has 32 heavy (non-hydrogen) atoms. The molecular weight excluding hydrogens is 456 g/mol. The third-order valence-corrected chi connectivity index (χ3v) is 5.91. The van der Waals surface area contributed by atoms with Crippen molar-refractivity contribution >= 4 is 29.0 Å². The van der Waals surface area contributed by atoms with Crippen LogP contribution >= 0.6 is 22.9 Å². The highest BCUT2D eigenvalue weighted by atomic mass is 35.5. The minimum absolute atomic E-state index is 0.0888. The number of ether oxygens (including phenoxy) is 3. The van der Waals surface area contributed by atoms with Gasteiger partial charge in [-0.1, -0.05) is 41.1 Å². The number of rotatable bonds is 9. The van der Waals surface area contributed by atoms with Crippen molar-refractivity contribution in [3.63, 3.8) is 0 Å². The van der Waals surface area contributed by atoms with Gasteiger partial charge in [-0.15, -0.1) is 0 Å². The molecule has 1 aromatic heterocycles. The number of aromatic amines is 1. The van der Waals surface area contributed by atoms with E-state index in [2.05, 4.69) is 4.98 Å². The molecule has 2 aromatic carbocycles. The first-order chi connectivity index (χ1) is 15.5. The van der Waals surface area contributed by atoms with Gasteiger partial charge in [0.1, 0.15) is 24.7 Å². The second kappa shape index (κ2) is 9.97. The molecule has 168 valence electrons. The summed E-state index contributed by atoms with van der Waals surface area (Å²) in [6.07, 6.45) is -0.302. The number of cyclic esters (lactones) is 1. The molecule has 0 bridgehead atoms. The van der Waals surface area contributed by atoms with Crippen molar-refractivity contribution in [1.29, 1.82) is 0 Å². The SMILES string of the molecule is O=C1OC(COc2cccc(Cl)c2)CN1CCOc1ccc(Cc2sc(=O)[nH]c2O)cc1. The van der Waals surface area contributed by atoms with Crippen LogP contribution in [0.4, 0.5) is 4.79 Å². The van der Waals surface area contributed by atoms with Gasteiger partial charge in [0, 0.05) is 11.4 Å². The molecule has 4 rings (SSSR count). The molecule has 10 heteroatoms. The highest BCUT2D eigenvalue weighted by Gasteiger charge is 2.31. The third kappa shape index (κ3) is 5.74. The van der Waals surface area contributed by atoms with E-state index in [1.165, 1.54) is 0 Å². The molecule has 1 unspecified atom stereocenters. The van der Waals surface area contributed by atoms with Crippen LogP contribution in [0.25, 0.3) is 0 Å². The van der Waals surface area contributed by atoms with Gasteiger partial charge in [-0.3, -0.25) is 9.78 Å². The summed E-state index contributed by atoms with van der Waals surface area (Å²) in [5, 5.41) is 10.3. The molecule has 1 saturated heterocycles. The Hall–Kier alpha value is -3.17. The van der Waals surface area contributed by atoms with E-state index in [1.54, 1.807) is 29.2 Å². The number of carbonyl (C=O) groups is 1. The van der Waals surface area contributed by atoms with Gasteiger partial charge in [0.25, 0.3) is 0 Å². The maximum atomic E-state index is 12.1. The summed E-state index contributed by atoms with van der Waals surface area (Å²) in [5.41, 5.74) is 0.938. The first-order valence-electron chi connectivity index (χ1n) is 9.93. The minimum atomic E-state index is -0.394. The van der Waals surface area contributed by atoms with Gasteiger partial charge >= 0.3 is 11.0 Å². The van der Waals surface area contributed by atoms with Crippen LogP contribution in [0.1, 0.15) is 10.4 Å². The molecule has 1 aliphatic rings. The molecule has 0 saturated carbocycles. The lowest BCUT2D eigenvalue weighted by Crippen LogP contribution is -2.30. The molecule has 1 amide bonds. The molecule has 2 heterocycles. The van der Waals surface area contributed by atoms with Crippen molar-refractivity contribution in [2.24, 2.45) is 0 Å².